The van der Waals surface area contributed by atoms with E-state index < -0.39 is 6.04 Å². The zero-order valence-electron chi connectivity index (χ0n) is 11.9. The Balaban J connectivity index is 0.00000200. The maximum Gasteiger partial charge on any atom is 0.236 e. The molecular weight excluding hydrogens is 315 g/mol. The summed E-state index contributed by atoms with van der Waals surface area (Å²) in [6.07, 6.45) is 1.77. The number of amides is 1. The van der Waals surface area contributed by atoms with Crippen molar-refractivity contribution in [1.82, 2.24) is 10.3 Å². The van der Waals surface area contributed by atoms with Crippen molar-refractivity contribution < 1.29 is 9.53 Å². The van der Waals surface area contributed by atoms with Crippen molar-refractivity contribution >= 4 is 36.5 Å². The fraction of sp³-hybridized carbons (Fsp3) is 0.538. The molecule has 0 radical (unpaired) electrons. The molecule has 2 heterocycles. The van der Waals surface area contributed by atoms with Crippen LogP contribution in [0.1, 0.15) is 12.5 Å². The number of halogens is 2. The quantitative estimate of drug-likeness (QED) is 0.847. The zero-order chi connectivity index (χ0) is 13.7. The van der Waals surface area contributed by atoms with Gasteiger partial charge < -0.3 is 20.7 Å². The van der Waals surface area contributed by atoms with E-state index in [1.807, 2.05) is 12.1 Å². The molecule has 1 atom stereocenters. The molecule has 0 aromatic carbocycles. The minimum Gasteiger partial charge on any atom is -0.378 e. The number of morpholine rings is 1. The van der Waals surface area contributed by atoms with E-state index in [9.17, 15) is 4.79 Å². The maximum atomic E-state index is 11.5. The molecule has 1 amide bonds. The first-order valence-electron chi connectivity index (χ1n) is 6.48. The van der Waals surface area contributed by atoms with Crippen LogP contribution in [-0.4, -0.2) is 43.2 Å². The first-order valence-corrected chi connectivity index (χ1v) is 6.48. The van der Waals surface area contributed by atoms with Gasteiger partial charge in [-0.2, -0.15) is 0 Å². The van der Waals surface area contributed by atoms with Gasteiger partial charge in [0.25, 0.3) is 0 Å². The van der Waals surface area contributed by atoms with Crippen LogP contribution in [0, 0.1) is 0 Å². The van der Waals surface area contributed by atoms with Gasteiger partial charge in [0.15, 0.2) is 0 Å². The first-order chi connectivity index (χ1) is 9.18. The molecule has 2 rings (SSSR count). The van der Waals surface area contributed by atoms with Crippen molar-refractivity contribution in [3.63, 3.8) is 0 Å². The molecule has 1 aromatic rings. The molecule has 0 aliphatic carbocycles. The SMILES string of the molecule is C[C@@H](N)C(=O)NCc1cccnc1N1CCOCC1.Cl.Cl. The van der Waals surface area contributed by atoms with Gasteiger partial charge in [-0.15, -0.1) is 24.8 Å². The highest BCUT2D eigenvalue weighted by molar-refractivity contribution is 5.85. The fourth-order valence-corrected chi connectivity index (χ4v) is 1.97. The summed E-state index contributed by atoms with van der Waals surface area (Å²) in [5, 5.41) is 2.82. The molecule has 0 saturated carbocycles. The average molecular weight is 337 g/mol. The van der Waals surface area contributed by atoms with Gasteiger partial charge in [0.05, 0.1) is 19.3 Å². The number of nitrogens with zero attached hydrogens (tertiary/aromatic N) is 2. The fourth-order valence-electron chi connectivity index (χ4n) is 1.97. The molecule has 3 N–H and O–H groups in total. The van der Waals surface area contributed by atoms with Crippen molar-refractivity contribution in [2.45, 2.75) is 19.5 Å². The predicted molar refractivity (Wildman–Crippen MR) is 87.3 cm³/mol. The van der Waals surface area contributed by atoms with Crippen LogP contribution in [0.5, 0.6) is 0 Å². The second-order valence-electron chi connectivity index (χ2n) is 4.59. The van der Waals surface area contributed by atoms with E-state index in [1.165, 1.54) is 0 Å². The molecular formula is C13H22Cl2N4O2. The second-order valence-corrected chi connectivity index (χ2v) is 4.59. The number of anilines is 1. The lowest BCUT2D eigenvalue weighted by Gasteiger charge is -2.29. The van der Waals surface area contributed by atoms with Gasteiger partial charge in [-0.25, -0.2) is 4.98 Å². The summed E-state index contributed by atoms with van der Waals surface area (Å²) >= 11 is 0. The van der Waals surface area contributed by atoms with E-state index in [2.05, 4.69) is 15.2 Å². The Kier molecular flexibility index (Phi) is 9.28. The van der Waals surface area contributed by atoms with Gasteiger partial charge >= 0.3 is 0 Å². The van der Waals surface area contributed by atoms with Crippen LogP contribution in [0.25, 0.3) is 0 Å². The Morgan fingerprint density at radius 1 is 1.48 bits per heavy atom. The van der Waals surface area contributed by atoms with Crippen molar-refractivity contribution in [1.29, 1.82) is 0 Å². The monoisotopic (exact) mass is 336 g/mol. The minimum absolute atomic E-state index is 0. The molecule has 1 aliphatic rings. The van der Waals surface area contributed by atoms with Gasteiger partial charge in [0.2, 0.25) is 5.91 Å². The lowest BCUT2D eigenvalue weighted by Crippen LogP contribution is -2.39. The number of ether oxygens (including phenoxy) is 1. The number of carbonyl (C=O) groups is 1. The molecule has 1 saturated heterocycles. The van der Waals surface area contributed by atoms with Gasteiger partial charge in [0.1, 0.15) is 5.82 Å². The molecule has 120 valence electrons. The van der Waals surface area contributed by atoms with Crippen LogP contribution < -0.4 is 16.0 Å². The van der Waals surface area contributed by atoms with E-state index in [1.54, 1.807) is 13.1 Å². The minimum atomic E-state index is -0.497. The summed E-state index contributed by atoms with van der Waals surface area (Å²) in [5.41, 5.74) is 6.52. The Hall–Kier alpha value is -1.08. The summed E-state index contributed by atoms with van der Waals surface area (Å²) in [5.74, 6) is 0.757. The van der Waals surface area contributed by atoms with Crippen LogP contribution in [0.4, 0.5) is 5.82 Å². The number of nitrogens with two attached hydrogens (primary N) is 1. The second kappa shape index (κ2) is 9.78. The Labute approximate surface area is 137 Å². The lowest BCUT2D eigenvalue weighted by molar-refractivity contribution is -0.122. The number of hydrogen-bond acceptors (Lipinski definition) is 5. The van der Waals surface area contributed by atoms with Gasteiger partial charge in [0, 0.05) is 31.4 Å². The lowest BCUT2D eigenvalue weighted by atomic mass is 10.2. The molecule has 21 heavy (non-hydrogen) atoms. The van der Waals surface area contributed by atoms with Crippen LogP contribution in [-0.2, 0) is 16.1 Å². The van der Waals surface area contributed by atoms with E-state index >= 15 is 0 Å². The van der Waals surface area contributed by atoms with E-state index in [0.717, 1.165) is 24.5 Å². The molecule has 0 bridgehead atoms. The third kappa shape index (κ3) is 5.67. The largest absolute Gasteiger partial charge is 0.378 e. The first kappa shape index (κ1) is 19.9. The molecule has 1 fully saturated rings. The molecule has 0 unspecified atom stereocenters. The van der Waals surface area contributed by atoms with Crippen LogP contribution >= 0.6 is 24.8 Å². The van der Waals surface area contributed by atoms with Gasteiger partial charge in [-0.1, -0.05) is 6.07 Å². The number of aromatic nitrogens is 1. The van der Waals surface area contributed by atoms with Crippen LogP contribution in [0.2, 0.25) is 0 Å². The highest BCUT2D eigenvalue weighted by Crippen LogP contribution is 2.18. The Morgan fingerprint density at radius 2 is 2.14 bits per heavy atom. The summed E-state index contributed by atoms with van der Waals surface area (Å²) in [4.78, 5) is 18.1. The third-order valence-electron chi connectivity index (χ3n) is 3.04. The molecule has 0 spiro atoms. The summed E-state index contributed by atoms with van der Waals surface area (Å²) in [6.45, 7) is 5.18. The van der Waals surface area contributed by atoms with E-state index in [0.29, 0.717) is 19.8 Å². The molecule has 1 aliphatic heterocycles. The predicted octanol–water partition coefficient (Wildman–Crippen LogP) is 0.725. The summed E-state index contributed by atoms with van der Waals surface area (Å²) in [7, 11) is 0. The smallest absolute Gasteiger partial charge is 0.236 e. The number of rotatable bonds is 4. The maximum absolute atomic E-state index is 11.5. The van der Waals surface area contributed by atoms with Crippen LogP contribution in [0.15, 0.2) is 18.3 Å². The van der Waals surface area contributed by atoms with Crippen molar-refractivity contribution in [2.75, 3.05) is 31.2 Å². The molecule has 8 heteroatoms. The summed E-state index contributed by atoms with van der Waals surface area (Å²) in [6, 6.07) is 3.35. The molecule has 1 aromatic heterocycles. The highest BCUT2D eigenvalue weighted by Gasteiger charge is 2.16. The highest BCUT2D eigenvalue weighted by atomic mass is 35.5. The Bertz CT molecular complexity index is 440. The number of carbonyl (C=O) groups excluding carboxylic acids is 1. The zero-order valence-corrected chi connectivity index (χ0v) is 13.6. The van der Waals surface area contributed by atoms with E-state index in [4.69, 9.17) is 10.5 Å². The van der Waals surface area contributed by atoms with Crippen molar-refractivity contribution in [2.24, 2.45) is 5.73 Å². The van der Waals surface area contributed by atoms with Crippen molar-refractivity contribution in [3.05, 3.63) is 23.9 Å². The topological polar surface area (TPSA) is 80.5 Å². The number of pyridine rings is 1. The Morgan fingerprint density at radius 3 is 2.76 bits per heavy atom. The number of hydrogen-bond donors (Lipinski definition) is 2. The van der Waals surface area contributed by atoms with Crippen LogP contribution in [0.3, 0.4) is 0 Å². The normalized spacial score (nSPS) is 15.4. The molecule has 6 nitrogen and oxygen atoms in total. The number of nitrogens with one attached hydrogen (secondary N) is 1. The average Bonchev–Trinajstić information content (AvgIpc) is 2.46. The third-order valence-corrected chi connectivity index (χ3v) is 3.04. The van der Waals surface area contributed by atoms with Crippen molar-refractivity contribution in [3.8, 4) is 0 Å². The van der Waals surface area contributed by atoms with Gasteiger partial charge in [-0.05, 0) is 13.0 Å². The standard InChI is InChI=1S/C13H20N4O2.2ClH/c1-10(14)13(18)16-9-11-3-2-4-15-12(11)17-5-7-19-8-6-17;;/h2-4,10H,5-9,14H2,1H3,(H,16,18);2*1H/t10-;;/m1../s1. The summed E-state index contributed by atoms with van der Waals surface area (Å²) < 4.78 is 5.34. The van der Waals surface area contributed by atoms with E-state index in [-0.39, 0.29) is 30.7 Å². The van der Waals surface area contributed by atoms with Gasteiger partial charge in [-0.3, -0.25) is 4.79 Å².